The van der Waals surface area contributed by atoms with Crippen molar-refractivity contribution in [1.29, 1.82) is 0 Å². The Balaban J connectivity index is 2.22. The maximum atomic E-state index is 13.1. The lowest BCUT2D eigenvalue weighted by atomic mass is 9.97. The van der Waals surface area contributed by atoms with Gasteiger partial charge in [-0.2, -0.15) is 8.61 Å². The molecule has 30 heavy (non-hydrogen) atoms. The summed E-state index contributed by atoms with van der Waals surface area (Å²) >= 11 is 0. The number of piperidine rings is 1. The first-order valence-corrected chi connectivity index (χ1v) is 13.1. The van der Waals surface area contributed by atoms with E-state index in [0.717, 1.165) is 0 Å². The molecule has 2 rings (SSSR count). The van der Waals surface area contributed by atoms with Gasteiger partial charge < -0.3 is 5.32 Å². The molecule has 1 unspecified atom stereocenters. The summed E-state index contributed by atoms with van der Waals surface area (Å²) in [4.78, 5) is 12.6. The summed E-state index contributed by atoms with van der Waals surface area (Å²) in [5.74, 6) is -0.557. The summed E-state index contributed by atoms with van der Waals surface area (Å²) in [6, 6.07) is 5.30. The molecule has 10 heteroatoms. The van der Waals surface area contributed by atoms with Gasteiger partial charge in [-0.25, -0.2) is 16.8 Å². The average molecular weight is 460 g/mol. The first-order valence-electron chi connectivity index (χ1n) is 10.2. The van der Waals surface area contributed by atoms with Crippen LogP contribution in [-0.2, 0) is 24.8 Å². The lowest BCUT2D eigenvalue weighted by molar-refractivity contribution is -0.127. The Kier molecular flexibility index (Phi) is 7.71. The van der Waals surface area contributed by atoms with E-state index in [4.69, 9.17) is 0 Å². The van der Waals surface area contributed by atoms with Gasteiger partial charge in [0, 0.05) is 31.7 Å². The molecular weight excluding hydrogens is 426 g/mol. The molecule has 0 radical (unpaired) electrons. The van der Waals surface area contributed by atoms with E-state index in [2.05, 4.69) is 5.32 Å². The Morgan fingerprint density at radius 2 is 1.60 bits per heavy atom. The Hall–Kier alpha value is -1.49. The summed E-state index contributed by atoms with van der Waals surface area (Å²) in [6.07, 6.45) is 1.23. The zero-order valence-corrected chi connectivity index (χ0v) is 20.0. The maximum Gasteiger partial charge on any atom is 0.243 e. The van der Waals surface area contributed by atoms with Gasteiger partial charge in [-0.15, -0.1) is 0 Å². The highest BCUT2D eigenvalue weighted by molar-refractivity contribution is 7.89. The fourth-order valence-electron chi connectivity index (χ4n) is 3.49. The molecule has 1 amide bonds. The standard InChI is InChI=1S/C20H33N3O5S2/c1-6-22(7-2)29(25,26)17-10-12-18(13-11-17)30(27,28)23-14-8-9-16(15-23)19(24)21-20(3,4)5/h10-13,16H,6-9,14-15H2,1-5H3,(H,21,24). The van der Waals surface area contributed by atoms with Crippen LogP contribution in [0.4, 0.5) is 0 Å². The highest BCUT2D eigenvalue weighted by Gasteiger charge is 2.34. The maximum absolute atomic E-state index is 13.1. The van der Waals surface area contributed by atoms with E-state index < -0.39 is 26.0 Å². The Morgan fingerprint density at radius 1 is 1.07 bits per heavy atom. The van der Waals surface area contributed by atoms with Crippen LogP contribution in [0.25, 0.3) is 0 Å². The molecule has 1 fully saturated rings. The first kappa shape index (κ1) is 24.8. The van der Waals surface area contributed by atoms with Crippen molar-refractivity contribution in [3.05, 3.63) is 24.3 Å². The molecular formula is C20H33N3O5S2. The number of rotatable bonds is 7. The fraction of sp³-hybridized carbons (Fsp3) is 0.650. The van der Waals surface area contributed by atoms with Crippen LogP contribution in [-0.4, -0.2) is 63.1 Å². The van der Waals surface area contributed by atoms with E-state index in [0.29, 0.717) is 32.5 Å². The molecule has 1 aromatic rings. The van der Waals surface area contributed by atoms with Gasteiger partial charge in [-0.05, 0) is 57.9 Å². The van der Waals surface area contributed by atoms with Crippen molar-refractivity contribution in [3.8, 4) is 0 Å². The van der Waals surface area contributed by atoms with Crippen LogP contribution in [0.3, 0.4) is 0 Å². The number of hydrogen-bond acceptors (Lipinski definition) is 5. The Labute approximate surface area is 180 Å². The molecule has 0 aliphatic carbocycles. The summed E-state index contributed by atoms with van der Waals surface area (Å²) in [7, 11) is -7.47. The Bertz CT molecular complexity index is 947. The lowest BCUT2D eigenvalue weighted by Crippen LogP contribution is -2.49. The van der Waals surface area contributed by atoms with Gasteiger partial charge in [0.2, 0.25) is 26.0 Å². The summed E-state index contributed by atoms with van der Waals surface area (Å²) in [6.45, 7) is 10.3. The highest BCUT2D eigenvalue weighted by atomic mass is 32.2. The summed E-state index contributed by atoms with van der Waals surface area (Å²) in [5, 5.41) is 2.91. The predicted molar refractivity (Wildman–Crippen MR) is 116 cm³/mol. The number of amides is 1. The minimum atomic E-state index is -3.82. The zero-order chi connectivity index (χ0) is 22.7. The van der Waals surface area contributed by atoms with Crippen molar-refractivity contribution in [1.82, 2.24) is 13.9 Å². The van der Waals surface area contributed by atoms with Crippen LogP contribution in [0.2, 0.25) is 0 Å². The SMILES string of the molecule is CCN(CC)S(=O)(=O)c1ccc(S(=O)(=O)N2CCCC(C(=O)NC(C)(C)C)C2)cc1. The van der Waals surface area contributed by atoms with Gasteiger partial charge in [0.1, 0.15) is 0 Å². The van der Waals surface area contributed by atoms with E-state index in [1.807, 2.05) is 20.8 Å². The number of nitrogens with zero attached hydrogens (tertiary/aromatic N) is 2. The predicted octanol–water partition coefficient (Wildman–Crippen LogP) is 2.03. The van der Waals surface area contributed by atoms with Gasteiger partial charge in [-0.3, -0.25) is 4.79 Å². The van der Waals surface area contributed by atoms with E-state index in [9.17, 15) is 21.6 Å². The van der Waals surface area contributed by atoms with Gasteiger partial charge in [0.15, 0.2) is 0 Å². The van der Waals surface area contributed by atoms with Crippen molar-refractivity contribution in [2.45, 2.75) is 62.8 Å². The summed E-state index contributed by atoms with van der Waals surface area (Å²) < 4.78 is 54.0. The third-order valence-electron chi connectivity index (χ3n) is 5.06. The monoisotopic (exact) mass is 459 g/mol. The number of carbonyl (C=O) groups is 1. The molecule has 1 aliphatic rings. The molecule has 8 nitrogen and oxygen atoms in total. The average Bonchev–Trinajstić information content (AvgIpc) is 2.67. The number of nitrogens with one attached hydrogen (secondary N) is 1. The molecule has 0 aromatic heterocycles. The first-order chi connectivity index (χ1) is 13.8. The van der Waals surface area contributed by atoms with Crippen LogP contribution < -0.4 is 5.32 Å². The van der Waals surface area contributed by atoms with E-state index in [1.54, 1.807) is 13.8 Å². The van der Waals surface area contributed by atoms with E-state index in [1.165, 1.54) is 32.9 Å². The van der Waals surface area contributed by atoms with Gasteiger partial charge >= 0.3 is 0 Å². The number of sulfonamides is 2. The summed E-state index contributed by atoms with van der Waals surface area (Å²) in [5.41, 5.74) is -0.385. The molecule has 1 aromatic carbocycles. The van der Waals surface area contributed by atoms with Crippen LogP contribution in [0.1, 0.15) is 47.5 Å². The third-order valence-corrected chi connectivity index (χ3v) is 9.00. The van der Waals surface area contributed by atoms with Crippen molar-refractivity contribution in [2.24, 2.45) is 5.92 Å². The second-order valence-electron chi connectivity index (χ2n) is 8.50. The quantitative estimate of drug-likeness (QED) is 0.672. The molecule has 1 aliphatic heterocycles. The third kappa shape index (κ3) is 5.60. The van der Waals surface area contributed by atoms with Crippen LogP contribution >= 0.6 is 0 Å². The van der Waals surface area contributed by atoms with Crippen LogP contribution in [0.5, 0.6) is 0 Å². The molecule has 0 saturated carbocycles. The van der Waals surface area contributed by atoms with Crippen LogP contribution in [0.15, 0.2) is 34.1 Å². The molecule has 1 heterocycles. The van der Waals surface area contributed by atoms with E-state index in [-0.39, 0.29) is 27.8 Å². The molecule has 1 saturated heterocycles. The van der Waals surface area contributed by atoms with Gasteiger partial charge in [0.05, 0.1) is 15.7 Å². The highest BCUT2D eigenvalue weighted by Crippen LogP contribution is 2.26. The number of benzene rings is 1. The second-order valence-corrected chi connectivity index (χ2v) is 12.4. The van der Waals surface area contributed by atoms with Gasteiger partial charge in [0.25, 0.3) is 0 Å². The van der Waals surface area contributed by atoms with Crippen molar-refractivity contribution in [3.63, 3.8) is 0 Å². The topological polar surface area (TPSA) is 104 Å². The zero-order valence-electron chi connectivity index (χ0n) is 18.4. The number of hydrogen-bond donors (Lipinski definition) is 1. The largest absolute Gasteiger partial charge is 0.351 e. The fourth-order valence-corrected chi connectivity index (χ4v) is 6.47. The second kappa shape index (κ2) is 9.33. The molecule has 170 valence electrons. The van der Waals surface area contributed by atoms with Crippen molar-refractivity contribution in [2.75, 3.05) is 26.2 Å². The smallest absolute Gasteiger partial charge is 0.243 e. The lowest BCUT2D eigenvalue weighted by Gasteiger charge is -2.33. The van der Waals surface area contributed by atoms with Gasteiger partial charge in [-0.1, -0.05) is 13.8 Å². The minimum Gasteiger partial charge on any atom is -0.351 e. The molecule has 1 atom stereocenters. The van der Waals surface area contributed by atoms with Crippen molar-refractivity contribution < 1.29 is 21.6 Å². The normalized spacial score (nSPS) is 19.1. The molecule has 0 spiro atoms. The molecule has 0 bridgehead atoms. The molecule has 1 N–H and O–H groups in total. The Morgan fingerprint density at radius 3 is 2.10 bits per heavy atom. The van der Waals surface area contributed by atoms with Crippen molar-refractivity contribution >= 4 is 26.0 Å². The van der Waals surface area contributed by atoms with E-state index >= 15 is 0 Å². The van der Waals surface area contributed by atoms with Crippen LogP contribution in [0, 0.1) is 5.92 Å². The minimum absolute atomic E-state index is 0.0258. The number of carbonyl (C=O) groups excluding carboxylic acids is 1.